The number of fused-ring (bicyclic) bond motifs is 1. The van der Waals surface area contributed by atoms with Crippen LogP contribution in [0.3, 0.4) is 0 Å². The first kappa shape index (κ1) is 20.3. The summed E-state index contributed by atoms with van der Waals surface area (Å²) in [5, 5.41) is 8.61. The molecule has 25 heavy (non-hydrogen) atoms. The summed E-state index contributed by atoms with van der Waals surface area (Å²) in [6.07, 6.45) is 0. The highest BCUT2D eigenvalue weighted by Crippen LogP contribution is 2.30. The third kappa shape index (κ3) is 4.41. The molecule has 0 atom stereocenters. The molecular weight excluding hydrogens is 381 g/mol. The third-order valence-electron chi connectivity index (χ3n) is 4.63. The van der Waals surface area contributed by atoms with Gasteiger partial charge in [-0.2, -0.15) is 0 Å². The molecule has 8 heteroatoms. The van der Waals surface area contributed by atoms with Crippen molar-refractivity contribution in [2.45, 2.75) is 0 Å². The van der Waals surface area contributed by atoms with Gasteiger partial charge in [-0.05, 0) is 24.3 Å². The van der Waals surface area contributed by atoms with E-state index in [2.05, 4.69) is 44.7 Å². The second-order valence-electron chi connectivity index (χ2n) is 6.14. The molecule has 2 N–H and O–H groups in total. The fourth-order valence-electron chi connectivity index (χ4n) is 3.35. The molecule has 138 valence electrons. The summed E-state index contributed by atoms with van der Waals surface area (Å²) in [5.41, 5.74) is 2.27. The highest BCUT2D eigenvalue weighted by molar-refractivity contribution is 6.33. The smallest absolute Gasteiger partial charge is 0.148 e. The molecule has 0 amide bonds. The number of pyridine rings is 1. The molecular formula is C17H24Cl3N5. The largest absolute Gasteiger partial charge is 0.369 e. The summed E-state index contributed by atoms with van der Waals surface area (Å²) < 4.78 is 0. The summed E-state index contributed by atoms with van der Waals surface area (Å²) in [7, 11) is 0. The lowest BCUT2D eigenvalue weighted by atomic mass is 10.1. The first-order valence-corrected chi connectivity index (χ1v) is 8.71. The number of benzene rings is 1. The van der Waals surface area contributed by atoms with E-state index >= 15 is 0 Å². The lowest BCUT2D eigenvalue weighted by molar-refractivity contribution is 0.585. The molecule has 4 rings (SSSR count). The molecule has 0 spiro atoms. The Morgan fingerprint density at radius 1 is 0.840 bits per heavy atom. The third-order valence-corrected chi connectivity index (χ3v) is 4.91. The number of aromatic nitrogens is 1. The zero-order valence-electron chi connectivity index (χ0n) is 14.0. The van der Waals surface area contributed by atoms with E-state index in [0.29, 0.717) is 0 Å². The molecule has 2 aliphatic heterocycles. The molecule has 1 aromatic carbocycles. The summed E-state index contributed by atoms with van der Waals surface area (Å²) in [6, 6.07) is 8.57. The summed E-state index contributed by atoms with van der Waals surface area (Å²) >= 11 is 6.53. The minimum Gasteiger partial charge on any atom is -0.369 e. The predicted octanol–water partition coefficient (Wildman–Crippen LogP) is 2.55. The molecule has 1 aromatic heterocycles. The number of halogens is 3. The molecule has 2 aromatic rings. The van der Waals surface area contributed by atoms with Crippen molar-refractivity contribution in [3.8, 4) is 0 Å². The van der Waals surface area contributed by atoms with Crippen molar-refractivity contribution in [3.05, 3.63) is 29.3 Å². The second-order valence-corrected chi connectivity index (χ2v) is 6.55. The van der Waals surface area contributed by atoms with E-state index in [9.17, 15) is 0 Å². The van der Waals surface area contributed by atoms with E-state index in [4.69, 9.17) is 16.6 Å². The Kier molecular flexibility index (Phi) is 7.40. The zero-order valence-corrected chi connectivity index (χ0v) is 16.4. The Morgan fingerprint density at radius 3 is 2.08 bits per heavy atom. The maximum atomic E-state index is 6.53. The van der Waals surface area contributed by atoms with E-state index in [-0.39, 0.29) is 24.8 Å². The van der Waals surface area contributed by atoms with Crippen LogP contribution in [0.15, 0.2) is 24.3 Å². The van der Waals surface area contributed by atoms with Crippen molar-refractivity contribution < 1.29 is 0 Å². The predicted molar refractivity (Wildman–Crippen MR) is 111 cm³/mol. The zero-order chi connectivity index (χ0) is 15.6. The average Bonchev–Trinajstić information content (AvgIpc) is 2.62. The lowest BCUT2D eigenvalue weighted by Gasteiger charge is -2.30. The van der Waals surface area contributed by atoms with Crippen molar-refractivity contribution in [3.63, 3.8) is 0 Å². The Labute approximate surface area is 165 Å². The average molecular weight is 405 g/mol. The molecule has 0 unspecified atom stereocenters. The topological polar surface area (TPSA) is 43.4 Å². The van der Waals surface area contributed by atoms with E-state index < -0.39 is 0 Å². The summed E-state index contributed by atoms with van der Waals surface area (Å²) in [5.74, 6) is 0.913. The van der Waals surface area contributed by atoms with Crippen LogP contribution in [0.2, 0.25) is 5.02 Å². The molecule has 3 heterocycles. The van der Waals surface area contributed by atoms with Gasteiger partial charge < -0.3 is 20.4 Å². The van der Waals surface area contributed by atoms with Gasteiger partial charge in [0.15, 0.2) is 0 Å². The van der Waals surface area contributed by atoms with Crippen LogP contribution in [0.4, 0.5) is 11.5 Å². The number of hydrogen-bond donors (Lipinski definition) is 2. The van der Waals surface area contributed by atoms with Gasteiger partial charge in [0.25, 0.3) is 0 Å². The minimum atomic E-state index is 0. The SMILES string of the molecule is Cl.Cl.Clc1cc2cc(N3CCNCC3)ccc2nc1N1CCNCC1. The first-order valence-electron chi connectivity index (χ1n) is 8.33. The Hall–Kier alpha value is -0.980. The normalized spacial score (nSPS) is 17.8. The van der Waals surface area contributed by atoms with Gasteiger partial charge in [0, 0.05) is 63.4 Å². The number of hydrogen-bond acceptors (Lipinski definition) is 5. The Balaban J connectivity index is 0.00000113. The van der Waals surface area contributed by atoms with Crippen LogP contribution in [-0.4, -0.2) is 57.3 Å². The minimum absolute atomic E-state index is 0. The molecule has 0 aliphatic carbocycles. The van der Waals surface area contributed by atoms with Crippen molar-refractivity contribution in [1.29, 1.82) is 0 Å². The number of piperazine rings is 2. The van der Waals surface area contributed by atoms with Crippen LogP contribution in [0.1, 0.15) is 0 Å². The summed E-state index contributed by atoms with van der Waals surface area (Å²) in [6.45, 7) is 8.05. The van der Waals surface area contributed by atoms with Crippen molar-refractivity contribution in [2.75, 3.05) is 62.2 Å². The van der Waals surface area contributed by atoms with Gasteiger partial charge >= 0.3 is 0 Å². The fraction of sp³-hybridized carbons (Fsp3) is 0.471. The number of nitrogens with zero attached hydrogens (tertiary/aromatic N) is 3. The van der Waals surface area contributed by atoms with Gasteiger partial charge in [0.2, 0.25) is 0 Å². The molecule has 2 fully saturated rings. The van der Waals surface area contributed by atoms with Gasteiger partial charge in [-0.1, -0.05) is 11.6 Å². The maximum Gasteiger partial charge on any atom is 0.148 e. The molecule has 2 saturated heterocycles. The van der Waals surface area contributed by atoms with Gasteiger partial charge in [-0.15, -0.1) is 24.8 Å². The number of rotatable bonds is 2. The fourth-order valence-corrected chi connectivity index (χ4v) is 3.63. The van der Waals surface area contributed by atoms with E-state index in [1.807, 2.05) is 0 Å². The maximum absolute atomic E-state index is 6.53. The van der Waals surface area contributed by atoms with Gasteiger partial charge in [-0.25, -0.2) is 4.98 Å². The van der Waals surface area contributed by atoms with E-state index in [1.165, 1.54) is 5.69 Å². The molecule has 0 saturated carbocycles. The molecule has 5 nitrogen and oxygen atoms in total. The standard InChI is InChI=1S/C17H22ClN5.2ClH/c18-15-12-13-11-14(22-7-3-19-4-8-22)1-2-16(13)21-17(15)23-9-5-20-6-10-23;;/h1-2,11-12,19-20H,3-10H2;2*1H. The van der Waals surface area contributed by atoms with Gasteiger partial charge in [0.05, 0.1) is 10.5 Å². The second kappa shape index (κ2) is 9.10. The quantitative estimate of drug-likeness (QED) is 0.805. The number of anilines is 2. The van der Waals surface area contributed by atoms with Crippen LogP contribution in [-0.2, 0) is 0 Å². The Morgan fingerprint density at radius 2 is 1.44 bits per heavy atom. The lowest BCUT2D eigenvalue weighted by Crippen LogP contribution is -2.44. The van der Waals surface area contributed by atoms with Crippen LogP contribution in [0.25, 0.3) is 10.9 Å². The van der Waals surface area contributed by atoms with Crippen LogP contribution in [0, 0.1) is 0 Å². The van der Waals surface area contributed by atoms with Crippen LogP contribution >= 0.6 is 36.4 Å². The van der Waals surface area contributed by atoms with E-state index in [1.54, 1.807) is 0 Å². The van der Waals surface area contributed by atoms with Crippen LogP contribution in [0.5, 0.6) is 0 Å². The Bertz CT molecular complexity index is 700. The number of nitrogens with one attached hydrogen (secondary N) is 2. The monoisotopic (exact) mass is 403 g/mol. The van der Waals surface area contributed by atoms with Crippen LogP contribution < -0.4 is 20.4 Å². The van der Waals surface area contributed by atoms with Crippen molar-refractivity contribution in [1.82, 2.24) is 15.6 Å². The highest BCUT2D eigenvalue weighted by Gasteiger charge is 2.17. The van der Waals surface area contributed by atoms with E-state index in [0.717, 1.165) is 74.1 Å². The molecule has 2 aliphatic rings. The van der Waals surface area contributed by atoms with Crippen molar-refractivity contribution in [2.24, 2.45) is 0 Å². The molecule has 0 radical (unpaired) electrons. The first-order chi connectivity index (χ1) is 11.3. The molecule has 0 bridgehead atoms. The van der Waals surface area contributed by atoms with Crippen molar-refractivity contribution >= 4 is 58.8 Å². The highest BCUT2D eigenvalue weighted by atomic mass is 35.5. The van der Waals surface area contributed by atoms with Gasteiger partial charge in [-0.3, -0.25) is 0 Å². The summed E-state index contributed by atoms with van der Waals surface area (Å²) in [4.78, 5) is 9.50. The van der Waals surface area contributed by atoms with Gasteiger partial charge in [0.1, 0.15) is 5.82 Å².